The third-order valence-corrected chi connectivity index (χ3v) is 3.14. The fourth-order valence-electron chi connectivity index (χ4n) is 2.11. The van der Waals surface area contributed by atoms with Gasteiger partial charge in [-0.25, -0.2) is 0 Å². The number of Topliss-reactive ketones (excluding diaryl/α,β-unsaturated/α-hetero) is 1. The zero-order chi connectivity index (χ0) is 13.1. The zero-order valence-corrected chi connectivity index (χ0v) is 10.5. The molecule has 0 fully saturated rings. The monoisotopic (exact) mass is 254 g/mol. The SMILES string of the molecule is O=C(CCc1ccccc1)c1cc2cc(c1)OCO2. The third-order valence-electron chi connectivity index (χ3n) is 3.14. The maximum absolute atomic E-state index is 12.2. The lowest BCUT2D eigenvalue weighted by molar-refractivity contribution is 0.0958. The molecule has 3 nitrogen and oxygen atoms in total. The van der Waals surface area contributed by atoms with Gasteiger partial charge in [-0.15, -0.1) is 0 Å². The van der Waals surface area contributed by atoms with Crippen LogP contribution in [-0.2, 0) is 6.42 Å². The normalized spacial score (nSPS) is 12.4. The minimum absolute atomic E-state index is 0.112. The number of ketones is 1. The topological polar surface area (TPSA) is 35.5 Å². The Morgan fingerprint density at radius 2 is 1.68 bits per heavy atom. The second-order valence-electron chi connectivity index (χ2n) is 4.51. The van der Waals surface area contributed by atoms with Gasteiger partial charge in [-0.1, -0.05) is 30.3 Å². The van der Waals surface area contributed by atoms with Gasteiger partial charge in [0.2, 0.25) is 6.79 Å². The molecule has 2 aromatic rings. The van der Waals surface area contributed by atoms with Crippen LogP contribution < -0.4 is 9.47 Å². The predicted molar refractivity (Wildman–Crippen MR) is 71.7 cm³/mol. The molecule has 0 aromatic heterocycles. The molecule has 0 saturated carbocycles. The molecule has 0 saturated heterocycles. The van der Waals surface area contributed by atoms with Crippen LogP contribution in [0.5, 0.6) is 11.5 Å². The van der Waals surface area contributed by atoms with Crippen molar-refractivity contribution < 1.29 is 14.3 Å². The van der Waals surface area contributed by atoms with Gasteiger partial charge < -0.3 is 9.47 Å². The maximum atomic E-state index is 12.2. The summed E-state index contributed by atoms with van der Waals surface area (Å²) in [5.74, 6) is 1.51. The Hall–Kier alpha value is -2.29. The first-order chi connectivity index (χ1) is 9.31. The summed E-state index contributed by atoms with van der Waals surface area (Å²) < 4.78 is 10.5. The highest BCUT2D eigenvalue weighted by Crippen LogP contribution is 2.27. The second-order valence-corrected chi connectivity index (χ2v) is 4.51. The highest BCUT2D eigenvalue weighted by molar-refractivity contribution is 5.97. The summed E-state index contributed by atoms with van der Waals surface area (Å²) in [4.78, 5) is 12.2. The van der Waals surface area contributed by atoms with E-state index in [1.807, 2.05) is 30.3 Å². The largest absolute Gasteiger partial charge is 0.457 e. The minimum atomic E-state index is 0.112. The lowest BCUT2D eigenvalue weighted by Gasteiger charge is -2.16. The number of carbonyl (C=O) groups is 1. The molecular formula is C16H14O3. The number of hydrogen-bond donors (Lipinski definition) is 0. The van der Waals surface area contributed by atoms with Crippen molar-refractivity contribution in [1.29, 1.82) is 0 Å². The van der Waals surface area contributed by atoms with Crippen LogP contribution in [0.1, 0.15) is 22.3 Å². The average molecular weight is 254 g/mol. The van der Waals surface area contributed by atoms with Gasteiger partial charge in [-0.3, -0.25) is 4.79 Å². The van der Waals surface area contributed by atoms with Crippen LogP contribution in [0.25, 0.3) is 0 Å². The lowest BCUT2D eigenvalue weighted by Crippen LogP contribution is -2.12. The number of benzene rings is 2. The van der Waals surface area contributed by atoms with E-state index in [-0.39, 0.29) is 12.6 Å². The van der Waals surface area contributed by atoms with Crippen molar-refractivity contribution in [3.8, 4) is 11.5 Å². The Bertz CT molecular complexity index is 568. The van der Waals surface area contributed by atoms with Crippen LogP contribution in [0.4, 0.5) is 0 Å². The van der Waals surface area contributed by atoms with Crippen molar-refractivity contribution in [3.05, 3.63) is 59.7 Å². The first-order valence-corrected chi connectivity index (χ1v) is 6.29. The van der Waals surface area contributed by atoms with Crippen LogP contribution in [0.2, 0.25) is 0 Å². The van der Waals surface area contributed by atoms with E-state index in [9.17, 15) is 4.79 Å². The number of aryl methyl sites for hydroxylation is 1. The average Bonchev–Trinajstić information content (AvgIpc) is 2.45. The predicted octanol–water partition coefficient (Wildman–Crippen LogP) is 3.23. The summed E-state index contributed by atoms with van der Waals surface area (Å²) in [6.45, 7) is 0.222. The molecule has 0 N–H and O–H groups in total. The lowest BCUT2D eigenvalue weighted by atomic mass is 10.0. The summed E-state index contributed by atoms with van der Waals surface area (Å²) >= 11 is 0. The van der Waals surface area contributed by atoms with E-state index in [1.165, 1.54) is 5.56 Å². The molecule has 19 heavy (non-hydrogen) atoms. The van der Waals surface area contributed by atoms with E-state index in [4.69, 9.17) is 9.47 Å². The standard InChI is InChI=1S/C16H14O3/c17-16(7-6-12-4-2-1-3-5-12)13-8-14-10-15(9-13)19-11-18-14/h1-5,8-10H,6-7,11H2. The number of fused-ring (bicyclic) bond motifs is 2. The van der Waals surface area contributed by atoms with E-state index in [2.05, 4.69) is 0 Å². The highest BCUT2D eigenvalue weighted by Gasteiger charge is 2.13. The molecule has 2 aromatic carbocycles. The molecule has 0 atom stereocenters. The van der Waals surface area contributed by atoms with Crippen molar-refractivity contribution in [2.75, 3.05) is 6.79 Å². The number of hydrogen-bond acceptors (Lipinski definition) is 3. The van der Waals surface area contributed by atoms with E-state index in [0.717, 1.165) is 6.42 Å². The van der Waals surface area contributed by atoms with Crippen LogP contribution in [-0.4, -0.2) is 12.6 Å². The van der Waals surface area contributed by atoms with Gasteiger partial charge in [0.1, 0.15) is 11.5 Å². The zero-order valence-electron chi connectivity index (χ0n) is 10.5. The Labute approximate surface area is 111 Å². The van der Waals surface area contributed by atoms with Crippen molar-refractivity contribution >= 4 is 5.78 Å². The fraction of sp³-hybridized carbons (Fsp3) is 0.188. The molecule has 96 valence electrons. The second kappa shape index (κ2) is 5.14. The Balaban J connectivity index is 1.69. The molecule has 0 aliphatic carbocycles. The van der Waals surface area contributed by atoms with E-state index < -0.39 is 0 Å². The van der Waals surface area contributed by atoms with Crippen molar-refractivity contribution in [2.45, 2.75) is 12.8 Å². The van der Waals surface area contributed by atoms with Gasteiger partial charge in [0.25, 0.3) is 0 Å². The molecule has 2 bridgehead atoms. The van der Waals surface area contributed by atoms with Crippen molar-refractivity contribution in [2.24, 2.45) is 0 Å². The van der Waals surface area contributed by atoms with Crippen LogP contribution in [0.3, 0.4) is 0 Å². The Morgan fingerprint density at radius 3 is 2.37 bits per heavy atom. The van der Waals surface area contributed by atoms with Crippen molar-refractivity contribution in [3.63, 3.8) is 0 Å². The van der Waals surface area contributed by atoms with Gasteiger partial charge in [0.15, 0.2) is 5.78 Å². The molecule has 3 heteroatoms. The molecular weight excluding hydrogens is 240 g/mol. The molecule has 0 radical (unpaired) electrons. The van der Waals surface area contributed by atoms with Crippen LogP contribution in [0.15, 0.2) is 48.5 Å². The van der Waals surface area contributed by atoms with E-state index in [1.54, 1.807) is 18.2 Å². The van der Waals surface area contributed by atoms with Crippen LogP contribution >= 0.6 is 0 Å². The van der Waals surface area contributed by atoms with Gasteiger partial charge in [0, 0.05) is 18.1 Å². The van der Waals surface area contributed by atoms with Gasteiger partial charge in [0.05, 0.1) is 0 Å². The fourth-order valence-corrected chi connectivity index (χ4v) is 2.11. The molecule has 0 amide bonds. The Kier molecular flexibility index (Phi) is 3.19. The molecule has 0 unspecified atom stereocenters. The van der Waals surface area contributed by atoms with Crippen LogP contribution in [0, 0.1) is 0 Å². The third kappa shape index (κ3) is 2.76. The minimum Gasteiger partial charge on any atom is -0.457 e. The quantitative estimate of drug-likeness (QED) is 0.786. The van der Waals surface area contributed by atoms with Gasteiger partial charge >= 0.3 is 0 Å². The maximum Gasteiger partial charge on any atom is 0.230 e. The number of rotatable bonds is 4. The smallest absolute Gasteiger partial charge is 0.230 e. The number of ether oxygens (including phenoxy) is 2. The summed E-state index contributed by atoms with van der Waals surface area (Å²) in [7, 11) is 0. The van der Waals surface area contributed by atoms with E-state index >= 15 is 0 Å². The Morgan fingerprint density at radius 1 is 1.00 bits per heavy atom. The summed E-state index contributed by atoms with van der Waals surface area (Å²) in [5, 5.41) is 0. The molecule has 3 rings (SSSR count). The first kappa shape index (κ1) is 11.8. The van der Waals surface area contributed by atoms with E-state index in [0.29, 0.717) is 23.5 Å². The summed E-state index contributed by atoms with van der Waals surface area (Å²) in [6.07, 6.45) is 1.24. The summed E-state index contributed by atoms with van der Waals surface area (Å²) in [6, 6.07) is 15.4. The highest BCUT2D eigenvalue weighted by atomic mass is 16.7. The molecule has 1 aliphatic rings. The van der Waals surface area contributed by atoms with Gasteiger partial charge in [-0.05, 0) is 24.1 Å². The molecule has 1 aliphatic heterocycles. The number of carbonyl (C=O) groups excluding carboxylic acids is 1. The first-order valence-electron chi connectivity index (χ1n) is 6.29. The van der Waals surface area contributed by atoms with Gasteiger partial charge in [-0.2, -0.15) is 0 Å². The van der Waals surface area contributed by atoms with Crippen molar-refractivity contribution in [1.82, 2.24) is 0 Å². The molecule has 1 heterocycles. The summed E-state index contributed by atoms with van der Waals surface area (Å²) in [5.41, 5.74) is 1.83. The molecule has 0 spiro atoms.